The molecule has 7 heteroatoms. The Morgan fingerprint density at radius 3 is 2.50 bits per heavy atom. The molecule has 2 aromatic rings. The molecule has 0 saturated heterocycles. The van der Waals surface area contributed by atoms with E-state index in [0.717, 1.165) is 10.4 Å². The van der Waals surface area contributed by atoms with Crippen LogP contribution in [0.5, 0.6) is 11.5 Å². The number of amides is 1. The largest absolute Gasteiger partial charge is 0.497 e. The van der Waals surface area contributed by atoms with Gasteiger partial charge in [-0.2, -0.15) is 0 Å². The van der Waals surface area contributed by atoms with E-state index in [0.29, 0.717) is 22.9 Å². The van der Waals surface area contributed by atoms with Crippen molar-refractivity contribution in [1.29, 1.82) is 0 Å². The molecule has 0 unspecified atom stereocenters. The fourth-order valence-electron chi connectivity index (χ4n) is 2.48. The van der Waals surface area contributed by atoms with E-state index in [9.17, 15) is 14.7 Å². The van der Waals surface area contributed by atoms with E-state index >= 15 is 0 Å². The minimum Gasteiger partial charge on any atom is -0.497 e. The molecule has 1 heterocycles. The van der Waals surface area contributed by atoms with Crippen molar-refractivity contribution in [3.05, 3.63) is 39.8 Å². The van der Waals surface area contributed by atoms with Crippen LogP contribution in [0.2, 0.25) is 0 Å². The van der Waals surface area contributed by atoms with Crippen LogP contribution in [0.15, 0.2) is 18.2 Å². The third-order valence-electron chi connectivity index (χ3n) is 3.65. The number of carboxylic acid groups (broad SMARTS) is 1. The zero-order valence-electron chi connectivity index (χ0n) is 13.9. The van der Waals surface area contributed by atoms with Gasteiger partial charge in [0.1, 0.15) is 16.5 Å². The van der Waals surface area contributed by atoms with Gasteiger partial charge in [0.2, 0.25) is 0 Å². The molecule has 0 aliphatic carbocycles. The van der Waals surface area contributed by atoms with Crippen LogP contribution in [0.1, 0.15) is 38.1 Å². The lowest BCUT2D eigenvalue weighted by atomic mass is 10.1. The first kappa shape index (κ1) is 17.8. The van der Waals surface area contributed by atoms with Crippen molar-refractivity contribution in [1.82, 2.24) is 0 Å². The van der Waals surface area contributed by atoms with Gasteiger partial charge in [-0.15, -0.1) is 11.3 Å². The highest BCUT2D eigenvalue weighted by Gasteiger charge is 2.23. The van der Waals surface area contributed by atoms with Gasteiger partial charge >= 0.3 is 5.97 Å². The number of hydrogen-bond acceptors (Lipinski definition) is 5. The van der Waals surface area contributed by atoms with Crippen LogP contribution in [0.3, 0.4) is 0 Å². The highest BCUT2D eigenvalue weighted by Crippen LogP contribution is 2.34. The van der Waals surface area contributed by atoms with Crippen molar-refractivity contribution in [2.45, 2.75) is 20.3 Å². The fourth-order valence-corrected chi connectivity index (χ4v) is 3.61. The van der Waals surface area contributed by atoms with Gasteiger partial charge in [0.15, 0.2) is 0 Å². The quantitative estimate of drug-likeness (QED) is 0.832. The van der Waals surface area contributed by atoms with Crippen molar-refractivity contribution in [3.63, 3.8) is 0 Å². The summed E-state index contributed by atoms with van der Waals surface area (Å²) in [6, 6.07) is 4.86. The smallest absolute Gasteiger partial charge is 0.339 e. The molecule has 1 aromatic carbocycles. The van der Waals surface area contributed by atoms with Gasteiger partial charge in [-0.25, -0.2) is 4.79 Å². The second-order valence-corrected chi connectivity index (χ2v) is 6.24. The molecule has 2 N–H and O–H groups in total. The minimum absolute atomic E-state index is 0.148. The summed E-state index contributed by atoms with van der Waals surface area (Å²) in [6.45, 7) is 3.73. The highest BCUT2D eigenvalue weighted by atomic mass is 32.1. The number of anilines is 1. The van der Waals surface area contributed by atoms with Gasteiger partial charge in [-0.05, 0) is 37.1 Å². The first-order chi connectivity index (χ1) is 11.4. The average Bonchev–Trinajstić information content (AvgIpc) is 2.89. The standard InChI is InChI=1S/C17H19NO5S/c1-5-11-9(2)24-16(14(11)17(20)21)18-15(19)12-8-10(22-3)6-7-13(12)23-4/h6-8H,5H2,1-4H3,(H,18,19)(H,20,21). The third-order valence-corrected chi connectivity index (χ3v) is 4.72. The van der Waals surface area contributed by atoms with Gasteiger partial charge in [-0.1, -0.05) is 6.92 Å². The second kappa shape index (κ2) is 7.35. The molecule has 0 aliphatic heterocycles. The number of carboxylic acids is 1. The van der Waals surface area contributed by atoms with Gasteiger partial charge in [0.25, 0.3) is 5.91 Å². The summed E-state index contributed by atoms with van der Waals surface area (Å²) in [5.74, 6) is -0.605. The molecular weight excluding hydrogens is 330 g/mol. The number of hydrogen-bond donors (Lipinski definition) is 2. The van der Waals surface area contributed by atoms with E-state index in [1.54, 1.807) is 18.2 Å². The van der Waals surface area contributed by atoms with Crippen LogP contribution in [0.25, 0.3) is 0 Å². The molecule has 0 atom stereocenters. The van der Waals surface area contributed by atoms with Crippen LogP contribution in [-0.2, 0) is 6.42 Å². The fraction of sp³-hybridized carbons (Fsp3) is 0.294. The van der Waals surface area contributed by atoms with Crippen LogP contribution in [-0.4, -0.2) is 31.2 Å². The monoisotopic (exact) mass is 349 g/mol. The molecule has 0 bridgehead atoms. The lowest BCUT2D eigenvalue weighted by molar-refractivity contribution is 0.0697. The number of methoxy groups -OCH3 is 2. The lowest BCUT2D eigenvalue weighted by Gasteiger charge is -2.10. The minimum atomic E-state index is -1.05. The maximum atomic E-state index is 12.6. The average molecular weight is 349 g/mol. The zero-order chi connectivity index (χ0) is 17.9. The van der Waals surface area contributed by atoms with Gasteiger partial charge in [-0.3, -0.25) is 4.79 Å². The van der Waals surface area contributed by atoms with Crippen LogP contribution >= 0.6 is 11.3 Å². The molecular formula is C17H19NO5S. The number of carbonyl (C=O) groups is 2. The SMILES string of the molecule is CCc1c(C)sc(NC(=O)c2cc(OC)ccc2OC)c1C(=O)O. The van der Waals surface area contributed by atoms with Crippen molar-refractivity contribution >= 4 is 28.2 Å². The predicted octanol–water partition coefficient (Wildman–Crippen LogP) is 3.59. The molecule has 0 radical (unpaired) electrons. The van der Waals surface area contributed by atoms with Crippen LogP contribution in [0.4, 0.5) is 5.00 Å². The van der Waals surface area contributed by atoms with Crippen molar-refractivity contribution in [3.8, 4) is 11.5 Å². The number of ether oxygens (including phenoxy) is 2. The number of carbonyl (C=O) groups excluding carboxylic acids is 1. The van der Waals surface area contributed by atoms with E-state index in [1.165, 1.54) is 25.6 Å². The summed E-state index contributed by atoms with van der Waals surface area (Å²) >= 11 is 1.26. The van der Waals surface area contributed by atoms with E-state index in [2.05, 4.69) is 5.32 Å². The Balaban J connectivity index is 2.42. The molecule has 0 spiro atoms. The normalized spacial score (nSPS) is 10.3. The van der Waals surface area contributed by atoms with Gasteiger partial charge < -0.3 is 19.9 Å². The Labute approximate surface area is 144 Å². The first-order valence-electron chi connectivity index (χ1n) is 7.31. The van der Waals surface area contributed by atoms with Crippen LogP contribution in [0, 0.1) is 6.92 Å². The lowest BCUT2D eigenvalue weighted by Crippen LogP contribution is -2.15. The Bertz CT molecular complexity index is 782. The van der Waals surface area contributed by atoms with Gasteiger partial charge in [0.05, 0.1) is 25.3 Å². The second-order valence-electron chi connectivity index (χ2n) is 5.02. The van der Waals surface area contributed by atoms with Crippen molar-refractivity contribution in [2.75, 3.05) is 19.5 Å². The summed E-state index contributed by atoms with van der Waals surface area (Å²) in [7, 11) is 2.97. The Kier molecular flexibility index (Phi) is 5.46. The van der Waals surface area contributed by atoms with Crippen molar-refractivity contribution < 1.29 is 24.2 Å². The van der Waals surface area contributed by atoms with E-state index in [1.807, 2.05) is 13.8 Å². The number of thiophene rings is 1. The zero-order valence-corrected chi connectivity index (χ0v) is 14.7. The predicted molar refractivity (Wildman–Crippen MR) is 92.9 cm³/mol. The summed E-state index contributed by atoms with van der Waals surface area (Å²) < 4.78 is 10.3. The summed E-state index contributed by atoms with van der Waals surface area (Å²) in [5.41, 5.74) is 1.16. The van der Waals surface area contributed by atoms with Crippen LogP contribution < -0.4 is 14.8 Å². The van der Waals surface area contributed by atoms with Crippen molar-refractivity contribution in [2.24, 2.45) is 0 Å². The Morgan fingerprint density at radius 2 is 1.96 bits per heavy atom. The van der Waals surface area contributed by atoms with Gasteiger partial charge in [0, 0.05) is 4.88 Å². The van der Waals surface area contributed by atoms with E-state index < -0.39 is 11.9 Å². The summed E-state index contributed by atoms with van der Waals surface area (Å²) in [5, 5.41) is 12.5. The molecule has 24 heavy (non-hydrogen) atoms. The maximum Gasteiger partial charge on any atom is 0.339 e. The molecule has 2 rings (SSSR count). The molecule has 6 nitrogen and oxygen atoms in total. The first-order valence-corrected chi connectivity index (χ1v) is 8.13. The number of aromatic carboxylic acids is 1. The maximum absolute atomic E-state index is 12.6. The number of rotatable bonds is 6. The molecule has 0 saturated carbocycles. The van der Waals surface area contributed by atoms with E-state index in [4.69, 9.17) is 9.47 Å². The number of nitrogens with one attached hydrogen (secondary N) is 1. The summed E-state index contributed by atoms with van der Waals surface area (Å²) in [6.07, 6.45) is 0.586. The molecule has 0 aliphatic rings. The molecule has 1 amide bonds. The highest BCUT2D eigenvalue weighted by molar-refractivity contribution is 7.16. The number of aryl methyl sites for hydroxylation is 1. The molecule has 1 aromatic heterocycles. The van der Waals surface area contributed by atoms with E-state index in [-0.39, 0.29) is 11.1 Å². The molecule has 0 fully saturated rings. The number of benzene rings is 1. The summed E-state index contributed by atoms with van der Waals surface area (Å²) in [4.78, 5) is 25.1. The third kappa shape index (κ3) is 3.35. The molecule has 128 valence electrons. The topological polar surface area (TPSA) is 84.9 Å². The Morgan fingerprint density at radius 1 is 1.25 bits per heavy atom. The Hall–Kier alpha value is -2.54.